The lowest BCUT2D eigenvalue weighted by molar-refractivity contribution is -0.158. The average Bonchev–Trinajstić information content (AvgIpc) is 2.69. The zero-order valence-corrected chi connectivity index (χ0v) is 16.2. The minimum Gasteiger partial charge on any atom is -0.297 e. The smallest absolute Gasteiger partial charge is 0.297 e. The molecule has 4 amide bonds. The van der Waals surface area contributed by atoms with E-state index in [1.165, 1.54) is 32.2 Å². The summed E-state index contributed by atoms with van der Waals surface area (Å²) in [6.07, 6.45) is 4.51. The maximum Gasteiger partial charge on any atom is 0.333 e. The van der Waals surface area contributed by atoms with Crippen molar-refractivity contribution >= 4 is 23.6 Å². The molecule has 1 aliphatic heterocycles. The van der Waals surface area contributed by atoms with Gasteiger partial charge < -0.3 is 0 Å². The van der Waals surface area contributed by atoms with Crippen molar-refractivity contribution in [2.75, 3.05) is 13.6 Å². The summed E-state index contributed by atoms with van der Waals surface area (Å²) in [5.41, 5.74) is -1.09. The molecule has 3 rings (SSSR count). The van der Waals surface area contributed by atoms with Crippen LogP contribution in [0.2, 0.25) is 0 Å². The number of amides is 4. The Hall–Kier alpha value is -2.57. The Labute approximate surface area is 163 Å². The molecule has 1 saturated carbocycles. The molecule has 0 N–H and O–H groups in total. The molecular formula is C21H25FN2O4. The normalized spacial score (nSPS) is 24.0. The third kappa shape index (κ3) is 3.70. The number of urea groups is 1. The molecule has 1 aromatic carbocycles. The fraction of sp³-hybridized carbons (Fsp3) is 0.524. The van der Waals surface area contributed by atoms with Crippen LogP contribution >= 0.6 is 0 Å². The first-order chi connectivity index (χ1) is 13.2. The van der Waals surface area contributed by atoms with Crippen molar-refractivity contribution in [3.63, 3.8) is 0 Å². The van der Waals surface area contributed by atoms with E-state index >= 15 is 0 Å². The topological polar surface area (TPSA) is 74.8 Å². The molecule has 1 atom stereocenters. The SMILES string of the molecule is CN1C(=O)N(CC(=O)C2CCCCC2)C(=O)C(C)(Cc2cccc(F)c2)C1=O. The maximum absolute atomic E-state index is 13.5. The van der Waals surface area contributed by atoms with Gasteiger partial charge in [-0.05, 0) is 43.9 Å². The number of barbiturate groups is 1. The van der Waals surface area contributed by atoms with Crippen molar-refractivity contribution in [1.29, 1.82) is 0 Å². The molecule has 7 heteroatoms. The molecule has 28 heavy (non-hydrogen) atoms. The highest BCUT2D eigenvalue weighted by Crippen LogP contribution is 2.33. The van der Waals surface area contributed by atoms with Crippen molar-refractivity contribution in [3.8, 4) is 0 Å². The van der Waals surface area contributed by atoms with Gasteiger partial charge in [-0.15, -0.1) is 0 Å². The molecule has 0 spiro atoms. The number of nitrogens with zero attached hydrogens (tertiary/aromatic N) is 2. The van der Waals surface area contributed by atoms with Crippen LogP contribution in [-0.2, 0) is 20.8 Å². The first-order valence-electron chi connectivity index (χ1n) is 9.65. The highest BCUT2D eigenvalue weighted by molar-refractivity contribution is 6.19. The van der Waals surface area contributed by atoms with Crippen molar-refractivity contribution in [3.05, 3.63) is 35.6 Å². The molecule has 1 aliphatic carbocycles. The van der Waals surface area contributed by atoms with Crippen molar-refractivity contribution < 1.29 is 23.6 Å². The quantitative estimate of drug-likeness (QED) is 0.727. The summed E-state index contributed by atoms with van der Waals surface area (Å²) in [4.78, 5) is 52.9. The van der Waals surface area contributed by atoms with Crippen LogP contribution in [0.5, 0.6) is 0 Å². The van der Waals surface area contributed by atoms with Crippen molar-refractivity contribution in [2.45, 2.75) is 45.4 Å². The third-order valence-corrected chi connectivity index (χ3v) is 5.83. The number of rotatable bonds is 5. The minimum absolute atomic E-state index is 0.0475. The molecule has 150 valence electrons. The zero-order valence-electron chi connectivity index (χ0n) is 16.2. The van der Waals surface area contributed by atoms with Gasteiger partial charge in [0.2, 0.25) is 11.8 Å². The number of carbonyl (C=O) groups is 4. The van der Waals surface area contributed by atoms with Gasteiger partial charge in [-0.2, -0.15) is 0 Å². The Balaban J connectivity index is 1.84. The molecule has 1 heterocycles. The van der Waals surface area contributed by atoms with Gasteiger partial charge in [0.05, 0.1) is 6.54 Å². The molecule has 6 nitrogen and oxygen atoms in total. The first kappa shape index (κ1) is 20.2. The van der Waals surface area contributed by atoms with Crippen molar-refractivity contribution in [1.82, 2.24) is 9.80 Å². The van der Waals surface area contributed by atoms with E-state index in [0.29, 0.717) is 5.56 Å². The summed E-state index contributed by atoms with van der Waals surface area (Å²) in [7, 11) is 1.30. The van der Waals surface area contributed by atoms with Gasteiger partial charge in [-0.1, -0.05) is 31.4 Å². The van der Waals surface area contributed by atoms with Crippen LogP contribution in [0.1, 0.15) is 44.6 Å². The van der Waals surface area contributed by atoms with Crippen LogP contribution < -0.4 is 0 Å². The second kappa shape index (κ2) is 7.81. The number of halogens is 1. The lowest BCUT2D eigenvalue weighted by atomic mass is 9.79. The fourth-order valence-electron chi connectivity index (χ4n) is 4.17. The summed E-state index contributed by atoms with van der Waals surface area (Å²) < 4.78 is 13.5. The number of hydrogen-bond acceptors (Lipinski definition) is 4. The van der Waals surface area contributed by atoms with Crippen LogP contribution in [0, 0.1) is 17.2 Å². The lowest BCUT2D eigenvalue weighted by Gasteiger charge is -2.41. The van der Waals surface area contributed by atoms with E-state index in [2.05, 4.69) is 0 Å². The summed E-state index contributed by atoms with van der Waals surface area (Å²) in [6.45, 7) is 1.13. The van der Waals surface area contributed by atoms with Crippen LogP contribution in [0.3, 0.4) is 0 Å². The van der Waals surface area contributed by atoms with E-state index in [9.17, 15) is 23.6 Å². The Kier molecular flexibility index (Phi) is 5.63. The molecule has 2 fully saturated rings. The average molecular weight is 388 g/mol. The Morgan fingerprint density at radius 2 is 1.82 bits per heavy atom. The monoisotopic (exact) mass is 388 g/mol. The van der Waals surface area contributed by atoms with Crippen LogP contribution in [0.4, 0.5) is 9.18 Å². The fourth-order valence-corrected chi connectivity index (χ4v) is 4.17. The molecule has 2 aliphatic rings. The second-order valence-electron chi connectivity index (χ2n) is 7.98. The van der Waals surface area contributed by atoms with Gasteiger partial charge in [0.1, 0.15) is 11.2 Å². The third-order valence-electron chi connectivity index (χ3n) is 5.83. The van der Waals surface area contributed by atoms with Crippen LogP contribution in [0.15, 0.2) is 24.3 Å². The number of imide groups is 2. The van der Waals surface area contributed by atoms with Gasteiger partial charge in [0, 0.05) is 13.0 Å². The minimum atomic E-state index is -1.57. The highest BCUT2D eigenvalue weighted by atomic mass is 19.1. The van der Waals surface area contributed by atoms with Crippen LogP contribution in [-0.4, -0.2) is 47.0 Å². The molecule has 0 radical (unpaired) electrons. The molecule has 1 saturated heterocycles. The van der Waals surface area contributed by atoms with Gasteiger partial charge in [0.15, 0.2) is 5.78 Å². The Bertz CT molecular complexity index is 818. The predicted octanol–water partition coefficient (Wildman–Crippen LogP) is 2.94. The van der Waals surface area contributed by atoms with E-state index < -0.39 is 29.1 Å². The van der Waals surface area contributed by atoms with E-state index in [0.717, 1.165) is 41.9 Å². The summed E-state index contributed by atoms with van der Waals surface area (Å²) in [5, 5.41) is 0. The van der Waals surface area contributed by atoms with E-state index in [-0.39, 0.29) is 24.7 Å². The van der Waals surface area contributed by atoms with Gasteiger partial charge in [-0.3, -0.25) is 24.2 Å². The highest BCUT2D eigenvalue weighted by Gasteiger charge is 2.53. The number of hydrogen-bond donors (Lipinski definition) is 0. The summed E-state index contributed by atoms with van der Waals surface area (Å²) >= 11 is 0. The molecule has 0 aromatic heterocycles. The predicted molar refractivity (Wildman–Crippen MR) is 99.7 cm³/mol. The van der Waals surface area contributed by atoms with Gasteiger partial charge >= 0.3 is 6.03 Å². The summed E-state index contributed by atoms with van der Waals surface area (Å²) in [6, 6.07) is 4.89. The lowest BCUT2D eigenvalue weighted by Crippen LogP contribution is -2.64. The number of benzene rings is 1. The largest absolute Gasteiger partial charge is 0.333 e. The van der Waals surface area contributed by atoms with E-state index in [1.807, 2.05) is 0 Å². The zero-order chi connectivity index (χ0) is 20.5. The molecular weight excluding hydrogens is 363 g/mol. The first-order valence-corrected chi connectivity index (χ1v) is 9.65. The van der Waals surface area contributed by atoms with E-state index in [1.54, 1.807) is 6.07 Å². The standard InChI is InChI=1S/C21H25FN2O4/c1-21(12-14-7-6-10-16(22)11-14)18(26)23(2)20(28)24(19(21)27)13-17(25)15-8-4-3-5-9-15/h6-7,10-11,15H,3-5,8-9,12-13H2,1-2H3. The number of Topliss-reactive ketones (excluding diaryl/α,β-unsaturated/α-hetero) is 1. The Morgan fingerprint density at radius 1 is 1.14 bits per heavy atom. The Morgan fingerprint density at radius 3 is 2.46 bits per heavy atom. The van der Waals surface area contributed by atoms with E-state index in [4.69, 9.17) is 0 Å². The van der Waals surface area contributed by atoms with Gasteiger partial charge in [0.25, 0.3) is 0 Å². The molecule has 1 aromatic rings. The number of ketones is 1. The molecule has 1 unspecified atom stereocenters. The molecule has 0 bridgehead atoms. The maximum atomic E-state index is 13.5. The number of carbonyl (C=O) groups excluding carboxylic acids is 4. The van der Waals surface area contributed by atoms with Gasteiger partial charge in [-0.25, -0.2) is 9.18 Å². The second-order valence-corrected chi connectivity index (χ2v) is 7.98. The summed E-state index contributed by atoms with van der Waals surface area (Å²) in [5.74, 6) is -2.10. The van der Waals surface area contributed by atoms with Crippen molar-refractivity contribution in [2.24, 2.45) is 11.3 Å². The van der Waals surface area contributed by atoms with Crippen LogP contribution in [0.25, 0.3) is 0 Å².